The predicted octanol–water partition coefficient (Wildman–Crippen LogP) is 1.77. The lowest BCUT2D eigenvalue weighted by Gasteiger charge is -1.74. The molecule has 0 bridgehead atoms. The van der Waals surface area contributed by atoms with Crippen molar-refractivity contribution in [2.45, 2.75) is 0 Å². The highest BCUT2D eigenvalue weighted by molar-refractivity contribution is 6.43. The molecule has 0 saturated heterocycles. The Morgan fingerprint density at radius 2 is 2.29 bits per heavy atom. The second-order valence-electron chi connectivity index (χ2n) is 0.739. The van der Waals surface area contributed by atoms with E-state index in [2.05, 4.69) is 5.16 Å². The minimum atomic E-state index is 0.198. The Hall–Kier alpha value is -0.210. The van der Waals surface area contributed by atoms with Crippen molar-refractivity contribution < 1.29 is 5.21 Å². The Labute approximate surface area is 51.0 Å². The first-order chi connectivity index (χ1) is 3.31. The molecule has 4 heteroatoms. The summed E-state index contributed by atoms with van der Waals surface area (Å²) in [6, 6.07) is 0. The van der Waals surface area contributed by atoms with Gasteiger partial charge in [0, 0.05) is 5.54 Å². The van der Waals surface area contributed by atoms with E-state index in [0.29, 0.717) is 0 Å². The number of halogens is 2. The van der Waals surface area contributed by atoms with Crippen LogP contribution in [-0.4, -0.2) is 11.4 Å². The Morgan fingerprint density at radius 1 is 1.71 bits per heavy atom. The van der Waals surface area contributed by atoms with Crippen LogP contribution < -0.4 is 0 Å². The second-order valence-corrected chi connectivity index (χ2v) is 1.39. The molecule has 0 aliphatic heterocycles. The molecule has 0 saturated carbocycles. The lowest BCUT2D eigenvalue weighted by Crippen LogP contribution is -1.67. The molecule has 40 valence electrons. The summed E-state index contributed by atoms with van der Waals surface area (Å²) in [4.78, 5) is 0. The Bertz CT molecular complexity index is 99.1. The molecular weight excluding hydrogens is 137 g/mol. The summed E-state index contributed by atoms with van der Waals surface area (Å²) >= 11 is 10.2. The van der Waals surface area contributed by atoms with Gasteiger partial charge in [0.25, 0.3) is 0 Å². The number of rotatable bonds is 1. The van der Waals surface area contributed by atoms with E-state index in [9.17, 15) is 0 Å². The molecule has 0 heterocycles. The van der Waals surface area contributed by atoms with Crippen molar-refractivity contribution in [3.63, 3.8) is 0 Å². The molecule has 0 atom stereocenters. The van der Waals surface area contributed by atoms with E-state index in [1.165, 1.54) is 0 Å². The zero-order valence-corrected chi connectivity index (χ0v) is 4.82. The fourth-order valence-corrected chi connectivity index (χ4v) is 0.183. The Morgan fingerprint density at radius 3 is 2.43 bits per heavy atom. The molecule has 0 aliphatic rings. The maximum absolute atomic E-state index is 7.75. The van der Waals surface area contributed by atoms with E-state index in [1.807, 2.05) is 0 Å². The van der Waals surface area contributed by atoms with E-state index < -0.39 is 0 Å². The molecule has 0 fully saturated rings. The van der Waals surface area contributed by atoms with Crippen LogP contribution in [0.2, 0.25) is 0 Å². The summed E-state index contributed by atoms with van der Waals surface area (Å²) in [5.74, 6) is 0. The van der Waals surface area contributed by atoms with Gasteiger partial charge in [0.1, 0.15) is 0 Å². The molecule has 7 heavy (non-hydrogen) atoms. The molecule has 0 spiro atoms. The van der Waals surface area contributed by atoms with Crippen molar-refractivity contribution in [1.29, 1.82) is 0 Å². The van der Waals surface area contributed by atoms with Gasteiger partial charge < -0.3 is 5.21 Å². The molecule has 0 aromatic carbocycles. The number of oxime groups is 1. The van der Waals surface area contributed by atoms with E-state index in [4.69, 9.17) is 28.4 Å². The molecule has 0 aromatic heterocycles. The summed E-state index contributed by atoms with van der Waals surface area (Å²) in [6.07, 6.45) is 1.02. The number of nitrogens with zero attached hydrogens (tertiary/aromatic N) is 1. The third-order valence-electron chi connectivity index (χ3n) is 0.285. The first-order valence-electron chi connectivity index (χ1n) is 1.44. The van der Waals surface area contributed by atoms with Gasteiger partial charge in [0.05, 0.1) is 11.2 Å². The van der Waals surface area contributed by atoms with Crippen LogP contribution in [0.15, 0.2) is 15.7 Å². The van der Waals surface area contributed by atoms with Crippen molar-refractivity contribution >= 4 is 29.4 Å². The van der Waals surface area contributed by atoms with Gasteiger partial charge in [-0.25, -0.2) is 0 Å². The summed E-state index contributed by atoms with van der Waals surface area (Å²) in [5.41, 5.74) is 1.10. The minimum absolute atomic E-state index is 0.198. The smallest absolute Gasteiger partial charge is 0.0856 e. The van der Waals surface area contributed by atoms with Crippen LogP contribution in [0.4, 0.5) is 0 Å². The number of allylic oxidation sites excluding steroid dienone is 1. The fourth-order valence-electron chi connectivity index (χ4n) is 0.0833. The molecule has 0 aromatic rings. The third-order valence-corrected chi connectivity index (χ3v) is 0.839. The average molecular weight is 140 g/mol. The van der Waals surface area contributed by atoms with Crippen molar-refractivity contribution in [3.8, 4) is 0 Å². The van der Waals surface area contributed by atoms with Crippen molar-refractivity contribution in [2.24, 2.45) is 5.16 Å². The zero-order chi connectivity index (χ0) is 5.70. The lowest BCUT2D eigenvalue weighted by molar-refractivity contribution is 0.322. The highest BCUT2D eigenvalue weighted by Gasteiger charge is 1.78. The number of hydrogen-bond donors (Lipinski definition) is 1. The quantitative estimate of drug-likeness (QED) is 0.336. The minimum Gasteiger partial charge on any atom is -0.411 e. The molecule has 0 rings (SSSR count). The summed E-state index contributed by atoms with van der Waals surface area (Å²) in [7, 11) is 0. The summed E-state index contributed by atoms with van der Waals surface area (Å²) < 4.78 is 0. The monoisotopic (exact) mass is 139 g/mol. The predicted molar refractivity (Wildman–Crippen MR) is 30.1 cm³/mol. The molecule has 2 nitrogen and oxygen atoms in total. The first kappa shape index (κ1) is 6.79. The van der Waals surface area contributed by atoms with Gasteiger partial charge in [-0.05, 0) is 0 Å². The van der Waals surface area contributed by atoms with Crippen LogP contribution in [-0.2, 0) is 0 Å². The standard InChI is InChI=1S/C3H3Cl2NO/c4-1-3(5)2-6-7/h1-2,7H/b3-1-,6-2+. The maximum Gasteiger partial charge on any atom is 0.0856 e. The highest BCUT2D eigenvalue weighted by atomic mass is 35.5. The second kappa shape index (κ2) is 3.96. The van der Waals surface area contributed by atoms with Crippen LogP contribution in [0.5, 0.6) is 0 Å². The van der Waals surface area contributed by atoms with Crippen molar-refractivity contribution in [3.05, 3.63) is 10.6 Å². The Kier molecular flexibility index (Phi) is 3.84. The maximum atomic E-state index is 7.75. The fraction of sp³-hybridized carbons (Fsp3) is 0. The topological polar surface area (TPSA) is 32.6 Å². The lowest BCUT2D eigenvalue weighted by atomic mass is 10.7. The van der Waals surface area contributed by atoms with Gasteiger partial charge in [-0.2, -0.15) is 0 Å². The Balaban J connectivity index is 3.58. The molecule has 0 unspecified atom stereocenters. The van der Waals surface area contributed by atoms with E-state index in [0.717, 1.165) is 11.7 Å². The van der Waals surface area contributed by atoms with Crippen LogP contribution in [0, 0.1) is 0 Å². The van der Waals surface area contributed by atoms with E-state index in [-0.39, 0.29) is 5.03 Å². The number of hydrogen-bond acceptors (Lipinski definition) is 2. The van der Waals surface area contributed by atoms with Crippen LogP contribution in [0.1, 0.15) is 0 Å². The van der Waals surface area contributed by atoms with Gasteiger partial charge in [-0.15, -0.1) is 0 Å². The van der Waals surface area contributed by atoms with E-state index >= 15 is 0 Å². The normalized spacial score (nSPS) is 13.1. The molecule has 0 amide bonds. The van der Waals surface area contributed by atoms with Crippen molar-refractivity contribution in [2.75, 3.05) is 0 Å². The highest BCUT2D eigenvalue weighted by Crippen LogP contribution is 1.97. The summed E-state index contributed by atoms with van der Waals surface area (Å²) in [5, 5.41) is 10.5. The molecular formula is C3H3Cl2NO. The van der Waals surface area contributed by atoms with Gasteiger partial charge in [-0.3, -0.25) is 0 Å². The zero-order valence-electron chi connectivity index (χ0n) is 3.31. The van der Waals surface area contributed by atoms with Gasteiger partial charge in [0.2, 0.25) is 0 Å². The average Bonchev–Trinajstić information content (AvgIpc) is 1.68. The van der Waals surface area contributed by atoms with Crippen LogP contribution in [0.3, 0.4) is 0 Å². The molecule has 1 N–H and O–H groups in total. The van der Waals surface area contributed by atoms with Crippen molar-refractivity contribution in [1.82, 2.24) is 0 Å². The van der Waals surface area contributed by atoms with Gasteiger partial charge in [-0.1, -0.05) is 28.4 Å². The van der Waals surface area contributed by atoms with Gasteiger partial charge in [0.15, 0.2) is 0 Å². The molecule has 0 radical (unpaired) electrons. The summed E-state index contributed by atoms with van der Waals surface area (Å²) in [6.45, 7) is 0. The van der Waals surface area contributed by atoms with E-state index in [1.54, 1.807) is 0 Å². The third kappa shape index (κ3) is 3.62. The van der Waals surface area contributed by atoms with Gasteiger partial charge >= 0.3 is 0 Å². The van der Waals surface area contributed by atoms with Crippen LogP contribution >= 0.6 is 23.2 Å². The SMILES string of the molecule is O/N=C/C(Cl)=C/Cl. The largest absolute Gasteiger partial charge is 0.411 e. The molecule has 0 aliphatic carbocycles. The first-order valence-corrected chi connectivity index (χ1v) is 2.26. The van der Waals surface area contributed by atoms with Crippen LogP contribution in [0.25, 0.3) is 0 Å².